The van der Waals surface area contributed by atoms with Gasteiger partial charge in [-0.15, -0.1) is 5.10 Å². The van der Waals surface area contributed by atoms with Gasteiger partial charge in [0, 0.05) is 17.4 Å². The molecule has 1 amide bonds. The summed E-state index contributed by atoms with van der Waals surface area (Å²) in [5.41, 5.74) is 2.36. The van der Waals surface area contributed by atoms with Crippen LogP contribution in [0.5, 0.6) is 0 Å². The number of carbonyl (C=O) groups is 1. The topological polar surface area (TPSA) is 83.6 Å². The Morgan fingerprint density at radius 1 is 1.19 bits per heavy atom. The number of carbonyl (C=O) groups excluding carboxylic acids is 1. The van der Waals surface area contributed by atoms with E-state index in [2.05, 4.69) is 25.5 Å². The highest BCUT2D eigenvalue weighted by molar-refractivity contribution is 6.28. The third-order valence-electron chi connectivity index (χ3n) is 2.74. The van der Waals surface area contributed by atoms with E-state index in [9.17, 15) is 4.79 Å². The van der Waals surface area contributed by atoms with Crippen molar-refractivity contribution in [2.24, 2.45) is 0 Å². The maximum absolute atomic E-state index is 11.9. The second kappa shape index (κ2) is 5.72. The normalized spacial score (nSPS) is 10.3. The quantitative estimate of drug-likeness (QED) is 0.779. The van der Waals surface area contributed by atoms with Crippen molar-refractivity contribution in [1.29, 1.82) is 0 Å². The average molecular weight is 300 g/mol. The molecule has 0 aliphatic heterocycles. The number of hydrogen-bond acceptors (Lipinski definition) is 4. The predicted octanol–water partition coefficient (Wildman–Crippen LogP) is 2.77. The van der Waals surface area contributed by atoms with Gasteiger partial charge in [-0.2, -0.15) is 4.98 Å². The second-order valence-corrected chi connectivity index (χ2v) is 4.56. The molecule has 3 aromatic rings. The van der Waals surface area contributed by atoms with Gasteiger partial charge < -0.3 is 5.32 Å². The lowest BCUT2D eigenvalue weighted by molar-refractivity contribution is 0.101. The van der Waals surface area contributed by atoms with E-state index in [1.807, 2.05) is 36.4 Å². The van der Waals surface area contributed by atoms with Crippen LogP contribution in [0, 0.1) is 0 Å². The van der Waals surface area contributed by atoms with Gasteiger partial charge in [-0.25, -0.2) is 5.10 Å². The number of nitrogens with one attached hydrogen (secondary N) is 2. The zero-order valence-corrected chi connectivity index (χ0v) is 11.5. The molecule has 0 bridgehead atoms. The molecule has 7 heteroatoms. The van der Waals surface area contributed by atoms with E-state index in [0.717, 1.165) is 11.3 Å². The lowest BCUT2D eigenvalue weighted by atomic mass is 10.1. The molecule has 0 atom stereocenters. The number of H-pyrrole nitrogens is 1. The highest BCUT2D eigenvalue weighted by Crippen LogP contribution is 2.20. The summed E-state index contributed by atoms with van der Waals surface area (Å²) < 4.78 is 0. The molecule has 0 fully saturated rings. The van der Waals surface area contributed by atoms with Gasteiger partial charge in [0.1, 0.15) is 0 Å². The minimum Gasteiger partial charge on any atom is -0.319 e. The van der Waals surface area contributed by atoms with E-state index in [-0.39, 0.29) is 11.1 Å². The minimum absolute atomic E-state index is 0.0109. The summed E-state index contributed by atoms with van der Waals surface area (Å²) in [4.78, 5) is 20.0. The number of hydrogen-bond donors (Lipinski definition) is 2. The first-order valence-corrected chi connectivity index (χ1v) is 6.51. The van der Waals surface area contributed by atoms with Crippen LogP contribution in [0.25, 0.3) is 11.3 Å². The first-order chi connectivity index (χ1) is 10.2. The van der Waals surface area contributed by atoms with Gasteiger partial charge in [-0.3, -0.25) is 9.78 Å². The summed E-state index contributed by atoms with van der Waals surface area (Å²) in [5, 5.41) is 8.89. The molecule has 1 aromatic carbocycles. The fraction of sp³-hybridized carbons (Fsp3) is 0. The number of pyridine rings is 1. The van der Waals surface area contributed by atoms with Crippen molar-refractivity contribution in [2.75, 3.05) is 5.32 Å². The van der Waals surface area contributed by atoms with Crippen molar-refractivity contribution in [3.8, 4) is 11.3 Å². The zero-order chi connectivity index (χ0) is 14.7. The third kappa shape index (κ3) is 3.06. The number of halogens is 1. The maximum atomic E-state index is 11.9. The number of benzene rings is 1. The van der Waals surface area contributed by atoms with Gasteiger partial charge in [0.05, 0.1) is 5.69 Å². The Hall–Kier alpha value is -2.73. The van der Waals surface area contributed by atoms with Crippen molar-refractivity contribution < 1.29 is 4.79 Å². The molecule has 0 saturated carbocycles. The van der Waals surface area contributed by atoms with E-state index in [4.69, 9.17) is 11.6 Å². The maximum Gasteiger partial charge on any atom is 0.295 e. The van der Waals surface area contributed by atoms with Crippen LogP contribution in [0.4, 0.5) is 5.69 Å². The predicted molar refractivity (Wildman–Crippen MR) is 79.0 cm³/mol. The molecule has 104 valence electrons. The second-order valence-electron chi connectivity index (χ2n) is 4.20. The fourth-order valence-corrected chi connectivity index (χ4v) is 1.94. The molecule has 2 heterocycles. The van der Waals surface area contributed by atoms with Crippen LogP contribution in [-0.4, -0.2) is 26.1 Å². The summed E-state index contributed by atoms with van der Waals surface area (Å²) in [6, 6.07) is 13.0. The van der Waals surface area contributed by atoms with Gasteiger partial charge in [-0.1, -0.05) is 18.2 Å². The van der Waals surface area contributed by atoms with Crippen LogP contribution < -0.4 is 5.32 Å². The Labute approximate surface area is 125 Å². The lowest BCUT2D eigenvalue weighted by Gasteiger charge is -2.05. The first kappa shape index (κ1) is 13.3. The molecule has 3 rings (SSSR count). The number of aromatic nitrogens is 4. The fourth-order valence-electron chi connectivity index (χ4n) is 1.82. The Kier molecular flexibility index (Phi) is 3.61. The van der Waals surface area contributed by atoms with E-state index < -0.39 is 5.91 Å². The molecule has 0 unspecified atom stereocenters. The first-order valence-electron chi connectivity index (χ1n) is 6.13. The van der Waals surface area contributed by atoms with Crippen LogP contribution in [-0.2, 0) is 0 Å². The minimum atomic E-state index is -0.434. The zero-order valence-electron chi connectivity index (χ0n) is 10.7. The molecular formula is C14H10ClN5O. The number of amides is 1. The number of nitrogens with zero attached hydrogens (tertiary/aromatic N) is 3. The summed E-state index contributed by atoms with van der Waals surface area (Å²) in [5.74, 6) is -0.445. The largest absolute Gasteiger partial charge is 0.319 e. The van der Waals surface area contributed by atoms with Crippen molar-refractivity contribution >= 4 is 23.2 Å². The molecular weight excluding hydrogens is 290 g/mol. The Morgan fingerprint density at radius 2 is 2.10 bits per heavy atom. The summed E-state index contributed by atoms with van der Waals surface area (Å²) >= 11 is 5.60. The summed E-state index contributed by atoms with van der Waals surface area (Å²) in [6.07, 6.45) is 1.72. The number of anilines is 1. The van der Waals surface area contributed by atoms with E-state index in [1.54, 1.807) is 12.3 Å². The number of rotatable bonds is 3. The molecule has 21 heavy (non-hydrogen) atoms. The molecule has 0 spiro atoms. The van der Waals surface area contributed by atoms with Gasteiger partial charge in [0.15, 0.2) is 0 Å². The van der Waals surface area contributed by atoms with Gasteiger partial charge in [0.25, 0.3) is 5.91 Å². The Bertz CT molecular complexity index is 772. The highest BCUT2D eigenvalue weighted by atomic mass is 35.5. The van der Waals surface area contributed by atoms with Gasteiger partial charge >= 0.3 is 0 Å². The van der Waals surface area contributed by atoms with Crippen molar-refractivity contribution in [2.45, 2.75) is 0 Å². The smallest absolute Gasteiger partial charge is 0.295 e. The van der Waals surface area contributed by atoms with Gasteiger partial charge in [-0.05, 0) is 35.9 Å². The number of aromatic amines is 1. The van der Waals surface area contributed by atoms with E-state index in [0.29, 0.717) is 5.69 Å². The lowest BCUT2D eigenvalue weighted by Crippen LogP contribution is -2.13. The third-order valence-corrected chi connectivity index (χ3v) is 2.91. The summed E-state index contributed by atoms with van der Waals surface area (Å²) in [7, 11) is 0. The Morgan fingerprint density at radius 3 is 2.81 bits per heavy atom. The van der Waals surface area contributed by atoms with E-state index >= 15 is 0 Å². The highest BCUT2D eigenvalue weighted by Gasteiger charge is 2.12. The SMILES string of the molecule is O=C(Nc1cccc(-c2ccccn2)c1)c1n[nH]c(Cl)n1. The Balaban J connectivity index is 1.82. The molecule has 0 aliphatic carbocycles. The molecule has 2 aromatic heterocycles. The van der Waals surface area contributed by atoms with Crippen LogP contribution in [0.3, 0.4) is 0 Å². The molecule has 6 nitrogen and oxygen atoms in total. The van der Waals surface area contributed by atoms with Gasteiger partial charge in [0.2, 0.25) is 11.1 Å². The molecule has 0 radical (unpaired) electrons. The van der Waals surface area contributed by atoms with Crippen molar-refractivity contribution in [1.82, 2.24) is 20.2 Å². The van der Waals surface area contributed by atoms with Crippen LogP contribution in [0.1, 0.15) is 10.6 Å². The van der Waals surface area contributed by atoms with Crippen LogP contribution in [0.2, 0.25) is 5.28 Å². The monoisotopic (exact) mass is 299 g/mol. The van der Waals surface area contributed by atoms with Crippen LogP contribution in [0.15, 0.2) is 48.7 Å². The van der Waals surface area contributed by atoms with E-state index in [1.165, 1.54) is 0 Å². The standard InChI is InChI=1S/C14H10ClN5O/c15-14-18-12(19-20-14)13(21)17-10-5-3-4-9(8-10)11-6-1-2-7-16-11/h1-8H,(H,17,21)(H,18,19,20). The van der Waals surface area contributed by atoms with Crippen molar-refractivity contribution in [3.63, 3.8) is 0 Å². The molecule has 2 N–H and O–H groups in total. The molecule has 0 aliphatic rings. The summed E-state index contributed by atoms with van der Waals surface area (Å²) in [6.45, 7) is 0. The molecule has 0 saturated heterocycles. The van der Waals surface area contributed by atoms with Crippen LogP contribution >= 0.6 is 11.6 Å². The average Bonchev–Trinajstić information content (AvgIpc) is 2.95. The van der Waals surface area contributed by atoms with Crippen molar-refractivity contribution in [3.05, 3.63) is 59.8 Å².